The lowest BCUT2D eigenvalue weighted by Crippen LogP contribution is -2.47. The summed E-state index contributed by atoms with van der Waals surface area (Å²) in [6.45, 7) is 4.91. The lowest BCUT2D eigenvalue weighted by atomic mass is 10.1. The third-order valence-corrected chi connectivity index (χ3v) is 4.51. The lowest BCUT2D eigenvalue weighted by Gasteiger charge is -2.37. The minimum atomic E-state index is -0.107. The SMILES string of the molecule is CC1SCCN(C(=O)c2ccncc2O)C1C. The molecule has 0 aliphatic carbocycles. The number of hydrogen-bond donors (Lipinski definition) is 1. The molecule has 2 atom stereocenters. The maximum absolute atomic E-state index is 12.3. The summed E-state index contributed by atoms with van der Waals surface area (Å²) in [6, 6.07) is 1.75. The minimum absolute atomic E-state index is 0.0458. The maximum Gasteiger partial charge on any atom is 0.258 e. The molecular weight excluding hydrogens is 236 g/mol. The van der Waals surface area contributed by atoms with Crippen LogP contribution in [0.4, 0.5) is 0 Å². The van der Waals surface area contributed by atoms with Gasteiger partial charge in [0.1, 0.15) is 5.75 Å². The van der Waals surface area contributed by atoms with E-state index in [1.54, 1.807) is 6.07 Å². The van der Waals surface area contributed by atoms with E-state index in [0.29, 0.717) is 10.8 Å². The summed E-state index contributed by atoms with van der Waals surface area (Å²) in [5, 5.41) is 10.1. The van der Waals surface area contributed by atoms with Gasteiger partial charge in [0.2, 0.25) is 0 Å². The zero-order chi connectivity index (χ0) is 12.4. The van der Waals surface area contributed by atoms with E-state index in [4.69, 9.17) is 0 Å². The molecule has 0 saturated carbocycles. The number of carbonyl (C=O) groups is 1. The largest absolute Gasteiger partial charge is 0.505 e. The second-order valence-electron chi connectivity index (χ2n) is 4.21. The number of hydrogen-bond acceptors (Lipinski definition) is 4. The second-order valence-corrected chi connectivity index (χ2v) is 5.69. The van der Waals surface area contributed by atoms with Gasteiger partial charge in [-0.05, 0) is 13.0 Å². The van der Waals surface area contributed by atoms with Crippen LogP contribution in [0.3, 0.4) is 0 Å². The predicted molar refractivity (Wildman–Crippen MR) is 68.3 cm³/mol. The smallest absolute Gasteiger partial charge is 0.258 e. The van der Waals surface area contributed by atoms with E-state index in [-0.39, 0.29) is 17.7 Å². The Labute approximate surface area is 105 Å². The Hall–Kier alpha value is -1.23. The number of rotatable bonds is 1. The molecule has 2 unspecified atom stereocenters. The quantitative estimate of drug-likeness (QED) is 0.827. The number of carbonyl (C=O) groups excluding carboxylic acids is 1. The van der Waals surface area contributed by atoms with Crippen molar-refractivity contribution in [2.24, 2.45) is 0 Å². The number of aromatic nitrogens is 1. The fourth-order valence-electron chi connectivity index (χ4n) is 1.94. The Kier molecular flexibility index (Phi) is 3.57. The predicted octanol–water partition coefficient (Wildman–Crippen LogP) is 1.75. The van der Waals surface area contributed by atoms with Gasteiger partial charge < -0.3 is 10.0 Å². The molecule has 4 nitrogen and oxygen atoms in total. The fraction of sp³-hybridized carbons (Fsp3) is 0.500. The molecule has 17 heavy (non-hydrogen) atoms. The van der Waals surface area contributed by atoms with E-state index < -0.39 is 0 Å². The molecule has 1 saturated heterocycles. The molecule has 0 spiro atoms. The number of pyridine rings is 1. The lowest BCUT2D eigenvalue weighted by molar-refractivity contribution is 0.0695. The standard InChI is InChI=1S/C12H16N2O2S/c1-8-9(2)17-6-5-14(8)12(16)10-3-4-13-7-11(10)15/h3-4,7-9,15H,5-6H2,1-2H3. The maximum atomic E-state index is 12.3. The summed E-state index contributed by atoms with van der Waals surface area (Å²) in [6.07, 6.45) is 2.83. The molecule has 0 bridgehead atoms. The van der Waals surface area contributed by atoms with Crippen LogP contribution in [0.25, 0.3) is 0 Å². The summed E-state index contributed by atoms with van der Waals surface area (Å²) >= 11 is 1.88. The van der Waals surface area contributed by atoms with Crippen LogP contribution in [0, 0.1) is 0 Å². The first-order valence-corrected chi connectivity index (χ1v) is 6.71. The van der Waals surface area contributed by atoms with Gasteiger partial charge in [-0.15, -0.1) is 0 Å². The van der Waals surface area contributed by atoms with Crippen LogP contribution in [-0.4, -0.2) is 44.5 Å². The van der Waals surface area contributed by atoms with Crippen LogP contribution >= 0.6 is 11.8 Å². The zero-order valence-corrected chi connectivity index (χ0v) is 10.8. The van der Waals surface area contributed by atoms with Crippen LogP contribution in [0.1, 0.15) is 24.2 Å². The second kappa shape index (κ2) is 4.96. The highest BCUT2D eigenvalue weighted by Gasteiger charge is 2.30. The molecule has 0 aromatic carbocycles. The first-order chi connectivity index (χ1) is 8.11. The summed E-state index contributed by atoms with van der Waals surface area (Å²) in [4.78, 5) is 17.9. The minimum Gasteiger partial charge on any atom is -0.505 e. The van der Waals surface area contributed by atoms with E-state index in [2.05, 4.69) is 11.9 Å². The topological polar surface area (TPSA) is 53.4 Å². The molecule has 1 aromatic heterocycles. The van der Waals surface area contributed by atoms with Gasteiger partial charge in [-0.3, -0.25) is 9.78 Å². The van der Waals surface area contributed by atoms with Crippen LogP contribution < -0.4 is 0 Å². The molecule has 1 fully saturated rings. The van der Waals surface area contributed by atoms with E-state index in [0.717, 1.165) is 12.3 Å². The number of thioether (sulfide) groups is 1. The Bertz CT molecular complexity index is 425. The highest BCUT2D eigenvalue weighted by atomic mass is 32.2. The van der Waals surface area contributed by atoms with Crippen molar-refractivity contribution < 1.29 is 9.90 Å². The third-order valence-electron chi connectivity index (χ3n) is 3.18. The van der Waals surface area contributed by atoms with E-state index in [9.17, 15) is 9.90 Å². The van der Waals surface area contributed by atoms with Gasteiger partial charge in [-0.1, -0.05) is 6.92 Å². The van der Waals surface area contributed by atoms with Gasteiger partial charge in [0.15, 0.2) is 0 Å². The van der Waals surface area contributed by atoms with Gasteiger partial charge in [-0.2, -0.15) is 11.8 Å². The van der Waals surface area contributed by atoms with Gasteiger partial charge in [-0.25, -0.2) is 0 Å². The van der Waals surface area contributed by atoms with Crippen molar-refractivity contribution in [3.05, 3.63) is 24.0 Å². The van der Waals surface area contributed by atoms with Crippen molar-refractivity contribution in [2.75, 3.05) is 12.3 Å². The Morgan fingerprint density at radius 3 is 3.06 bits per heavy atom. The Morgan fingerprint density at radius 1 is 1.59 bits per heavy atom. The molecule has 2 rings (SSSR count). The molecule has 2 heterocycles. The number of aromatic hydroxyl groups is 1. The van der Waals surface area contributed by atoms with Crippen molar-refractivity contribution in [1.29, 1.82) is 0 Å². The molecule has 1 N–H and O–H groups in total. The van der Waals surface area contributed by atoms with Gasteiger partial charge in [0.05, 0.1) is 11.8 Å². The first kappa shape index (κ1) is 12.2. The Balaban J connectivity index is 2.23. The van der Waals surface area contributed by atoms with Gasteiger partial charge in [0.25, 0.3) is 5.91 Å². The summed E-state index contributed by atoms with van der Waals surface area (Å²) in [5.74, 6) is 0.795. The zero-order valence-electron chi connectivity index (χ0n) is 9.96. The van der Waals surface area contributed by atoms with Crippen LogP contribution in [0.15, 0.2) is 18.5 Å². The molecule has 5 heteroatoms. The molecule has 92 valence electrons. The van der Waals surface area contributed by atoms with Crippen LogP contribution in [0.5, 0.6) is 5.75 Å². The van der Waals surface area contributed by atoms with Crippen LogP contribution in [-0.2, 0) is 0 Å². The molecular formula is C12H16N2O2S. The van der Waals surface area contributed by atoms with Crippen molar-refractivity contribution in [2.45, 2.75) is 25.1 Å². The average Bonchev–Trinajstić information content (AvgIpc) is 2.32. The highest BCUT2D eigenvalue weighted by Crippen LogP contribution is 2.27. The average molecular weight is 252 g/mol. The molecule has 0 radical (unpaired) electrons. The van der Waals surface area contributed by atoms with E-state index >= 15 is 0 Å². The normalized spacial score (nSPS) is 24.7. The van der Waals surface area contributed by atoms with E-state index in [1.807, 2.05) is 23.6 Å². The molecule has 1 aliphatic rings. The van der Waals surface area contributed by atoms with Crippen molar-refractivity contribution >= 4 is 17.7 Å². The van der Waals surface area contributed by atoms with Crippen molar-refractivity contribution in [3.8, 4) is 5.75 Å². The number of nitrogens with zero attached hydrogens (tertiary/aromatic N) is 2. The molecule has 1 amide bonds. The third kappa shape index (κ3) is 2.39. The molecule has 1 aromatic rings. The fourth-order valence-corrected chi connectivity index (χ4v) is 3.04. The van der Waals surface area contributed by atoms with Gasteiger partial charge in [0, 0.05) is 29.8 Å². The van der Waals surface area contributed by atoms with E-state index in [1.165, 1.54) is 12.4 Å². The van der Waals surface area contributed by atoms with Gasteiger partial charge >= 0.3 is 0 Å². The highest BCUT2D eigenvalue weighted by molar-refractivity contribution is 8.00. The van der Waals surface area contributed by atoms with Crippen LogP contribution in [0.2, 0.25) is 0 Å². The summed E-state index contributed by atoms with van der Waals surface area (Å²) in [5.41, 5.74) is 0.339. The summed E-state index contributed by atoms with van der Waals surface area (Å²) in [7, 11) is 0. The van der Waals surface area contributed by atoms with Crippen molar-refractivity contribution in [1.82, 2.24) is 9.88 Å². The molecule has 1 aliphatic heterocycles. The monoisotopic (exact) mass is 252 g/mol. The number of amides is 1. The first-order valence-electron chi connectivity index (χ1n) is 5.67. The summed E-state index contributed by atoms with van der Waals surface area (Å²) < 4.78 is 0. The van der Waals surface area contributed by atoms with Crippen molar-refractivity contribution in [3.63, 3.8) is 0 Å². The Morgan fingerprint density at radius 2 is 2.35 bits per heavy atom.